The van der Waals surface area contributed by atoms with Crippen molar-refractivity contribution in [3.63, 3.8) is 0 Å². The van der Waals surface area contributed by atoms with E-state index < -0.39 is 6.10 Å². The Hall–Kier alpha value is -2.06. The zero-order chi connectivity index (χ0) is 14.3. The van der Waals surface area contributed by atoms with Crippen molar-refractivity contribution in [3.05, 3.63) is 29.8 Å². The highest BCUT2D eigenvalue weighted by molar-refractivity contribution is 5.77. The molecule has 0 fully saturated rings. The smallest absolute Gasteiger partial charge is 0.258 e. The monoisotopic (exact) mass is 262 g/mol. The SMILES string of the molecule is CC(C)C(O)CNC(=O)COc1ccc(C#N)cc1. The van der Waals surface area contributed by atoms with Crippen molar-refractivity contribution in [2.75, 3.05) is 13.2 Å². The second-order valence-corrected chi connectivity index (χ2v) is 4.54. The van der Waals surface area contributed by atoms with Gasteiger partial charge in [-0.25, -0.2) is 0 Å². The average Bonchev–Trinajstić information content (AvgIpc) is 2.42. The summed E-state index contributed by atoms with van der Waals surface area (Å²) in [7, 11) is 0. The summed E-state index contributed by atoms with van der Waals surface area (Å²) in [5.74, 6) is 0.336. The third-order valence-electron chi connectivity index (χ3n) is 2.63. The molecule has 1 atom stereocenters. The molecule has 0 aromatic heterocycles. The van der Waals surface area contributed by atoms with Crippen LogP contribution in [0.1, 0.15) is 19.4 Å². The van der Waals surface area contributed by atoms with Gasteiger partial charge in [-0.3, -0.25) is 4.79 Å². The van der Waals surface area contributed by atoms with E-state index in [4.69, 9.17) is 10.00 Å². The standard InChI is InChI=1S/C14H18N2O3/c1-10(2)13(17)8-16-14(18)9-19-12-5-3-11(7-15)4-6-12/h3-6,10,13,17H,8-9H2,1-2H3,(H,16,18). The highest BCUT2D eigenvalue weighted by atomic mass is 16.5. The number of carbonyl (C=O) groups excluding carboxylic acids is 1. The van der Waals surface area contributed by atoms with Gasteiger partial charge in [-0.05, 0) is 30.2 Å². The molecule has 1 aromatic carbocycles. The highest BCUT2D eigenvalue weighted by Crippen LogP contribution is 2.11. The lowest BCUT2D eigenvalue weighted by Crippen LogP contribution is -2.37. The Labute approximate surface area is 112 Å². The van der Waals surface area contributed by atoms with Crippen LogP contribution < -0.4 is 10.1 Å². The number of amides is 1. The molecule has 1 aromatic rings. The van der Waals surface area contributed by atoms with Crippen molar-refractivity contribution in [2.45, 2.75) is 20.0 Å². The fourth-order valence-corrected chi connectivity index (χ4v) is 1.28. The van der Waals surface area contributed by atoms with Gasteiger partial charge in [0.1, 0.15) is 5.75 Å². The molecule has 0 aliphatic carbocycles. The summed E-state index contributed by atoms with van der Waals surface area (Å²) in [5.41, 5.74) is 0.539. The lowest BCUT2D eigenvalue weighted by molar-refractivity contribution is -0.123. The third kappa shape index (κ3) is 5.40. The van der Waals surface area contributed by atoms with Gasteiger partial charge in [0.2, 0.25) is 0 Å². The highest BCUT2D eigenvalue weighted by Gasteiger charge is 2.10. The van der Waals surface area contributed by atoms with Crippen LogP contribution in [0.25, 0.3) is 0 Å². The van der Waals surface area contributed by atoms with E-state index in [0.29, 0.717) is 11.3 Å². The average molecular weight is 262 g/mol. The lowest BCUT2D eigenvalue weighted by Gasteiger charge is -2.15. The first kappa shape index (κ1) is 15.0. The molecule has 0 saturated carbocycles. The van der Waals surface area contributed by atoms with Crippen LogP contribution in [0.3, 0.4) is 0 Å². The van der Waals surface area contributed by atoms with Crippen LogP contribution in [0.5, 0.6) is 5.75 Å². The van der Waals surface area contributed by atoms with Crippen LogP contribution >= 0.6 is 0 Å². The van der Waals surface area contributed by atoms with E-state index in [2.05, 4.69) is 5.32 Å². The summed E-state index contributed by atoms with van der Waals surface area (Å²) < 4.78 is 5.26. The van der Waals surface area contributed by atoms with Gasteiger partial charge < -0.3 is 15.2 Å². The molecular formula is C14H18N2O3. The van der Waals surface area contributed by atoms with Crippen molar-refractivity contribution in [1.29, 1.82) is 5.26 Å². The maximum atomic E-state index is 11.5. The van der Waals surface area contributed by atoms with Crippen molar-refractivity contribution < 1.29 is 14.6 Å². The van der Waals surface area contributed by atoms with Gasteiger partial charge >= 0.3 is 0 Å². The Morgan fingerprint density at radius 3 is 2.58 bits per heavy atom. The Morgan fingerprint density at radius 2 is 2.05 bits per heavy atom. The number of rotatable bonds is 6. The van der Waals surface area contributed by atoms with Gasteiger partial charge in [0.25, 0.3) is 5.91 Å². The minimum atomic E-state index is -0.557. The van der Waals surface area contributed by atoms with Gasteiger partial charge in [0, 0.05) is 6.54 Å². The maximum Gasteiger partial charge on any atom is 0.258 e. The summed E-state index contributed by atoms with van der Waals surface area (Å²) in [5, 5.41) is 20.8. The number of benzene rings is 1. The maximum absolute atomic E-state index is 11.5. The summed E-state index contributed by atoms with van der Waals surface area (Å²) in [6.07, 6.45) is -0.557. The molecule has 0 spiro atoms. The van der Waals surface area contributed by atoms with E-state index in [0.717, 1.165) is 0 Å². The second-order valence-electron chi connectivity index (χ2n) is 4.54. The fourth-order valence-electron chi connectivity index (χ4n) is 1.28. The number of carbonyl (C=O) groups is 1. The van der Waals surface area contributed by atoms with Gasteiger partial charge in [-0.1, -0.05) is 13.8 Å². The van der Waals surface area contributed by atoms with E-state index >= 15 is 0 Å². The number of hydrogen-bond acceptors (Lipinski definition) is 4. The predicted molar refractivity (Wildman–Crippen MR) is 70.5 cm³/mol. The van der Waals surface area contributed by atoms with E-state index in [1.807, 2.05) is 19.9 Å². The molecule has 1 rings (SSSR count). The fraction of sp³-hybridized carbons (Fsp3) is 0.429. The number of nitrogens with zero attached hydrogens (tertiary/aromatic N) is 1. The molecule has 19 heavy (non-hydrogen) atoms. The van der Waals surface area contributed by atoms with Crippen LogP contribution in [0.2, 0.25) is 0 Å². The number of aliphatic hydroxyl groups is 1. The van der Waals surface area contributed by atoms with Gasteiger partial charge in [-0.15, -0.1) is 0 Å². The minimum Gasteiger partial charge on any atom is -0.484 e. The third-order valence-corrected chi connectivity index (χ3v) is 2.63. The first-order chi connectivity index (χ1) is 9.02. The molecule has 2 N–H and O–H groups in total. The molecule has 0 saturated heterocycles. The van der Waals surface area contributed by atoms with Gasteiger partial charge in [0.05, 0.1) is 17.7 Å². The minimum absolute atomic E-state index is 0.0970. The molecule has 1 amide bonds. The summed E-state index contributed by atoms with van der Waals surface area (Å²) in [4.78, 5) is 11.5. The number of nitriles is 1. The normalized spacial score (nSPS) is 11.7. The van der Waals surface area contributed by atoms with Crippen LogP contribution in [0, 0.1) is 17.2 Å². The molecule has 1 unspecified atom stereocenters. The number of nitrogens with one attached hydrogen (secondary N) is 1. The molecule has 0 aliphatic rings. The largest absolute Gasteiger partial charge is 0.484 e. The molecule has 0 bridgehead atoms. The molecule has 102 valence electrons. The molecule has 0 heterocycles. The van der Waals surface area contributed by atoms with Crippen molar-refractivity contribution in [1.82, 2.24) is 5.32 Å². The first-order valence-electron chi connectivity index (χ1n) is 6.10. The Balaban J connectivity index is 2.32. The zero-order valence-electron chi connectivity index (χ0n) is 11.1. The van der Waals surface area contributed by atoms with Crippen LogP contribution in [-0.4, -0.2) is 30.3 Å². The van der Waals surface area contributed by atoms with Crippen LogP contribution in [0.4, 0.5) is 0 Å². The molecule has 0 radical (unpaired) electrons. The number of aliphatic hydroxyl groups excluding tert-OH is 1. The van der Waals surface area contributed by atoms with E-state index in [-0.39, 0.29) is 25.0 Å². The summed E-state index contributed by atoms with van der Waals surface area (Å²) in [6.45, 7) is 3.86. The first-order valence-corrected chi connectivity index (χ1v) is 6.10. The molecule has 0 aliphatic heterocycles. The molecule has 5 nitrogen and oxygen atoms in total. The van der Waals surface area contributed by atoms with Crippen molar-refractivity contribution in [2.24, 2.45) is 5.92 Å². The van der Waals surface area contributed by atoms with Crippen molar-refractivity contribution >= 4 is 5.91 Å². The second kappa shape index (κ2) is 7.39. The Morgan fingerprint density at radius 1 is 1.42 bits per heavy atom. The topological polar surface area (TPSA) is 82.3 Å². The lowest BCUT2D eigenvalue weighted by atomic mass is 10.1. The van der Waals surface area contributed by atoms with Gasteiger partial charge in [0.15, 0.2) is 6.61 Å². The Bertz CT molecular complexity index is 449. The number of hydrogen-bond donors (Lipinski definition) is 2. The van der Waals surface area contributed by atoms with E-state index in [1.54, 1.807) is 24.3 Å². The summed E-state index contributed by atoms with van der Waals surface area (Å²) >= 11 is 0. The van der Waals surface area contributed by atoms with Gasteiger partial charge in [-0.2, -0.15) is 5.26 Å². The van der Waals surface area contributed by atoms with Crippen molar-refractivity contribution in [3.8, 4) is 11.8 Å². The quantitative estimate of drug-likeness (QED) is 0.803. The number of ether oxygens (including phenoxy) is 1. The van der Waals surface area contributed by atoms with Crippen LogP contribution in [0.15, 0.2) is 24.3 Å². The molecule has 5 heteroatoms. The zero-order valence-corrected chi connectivity index (χ0v) is 11.1. The summed E-state index contributed by atoms with van der Waals surface area (Å²) in [6, 6.07) is 8.51. The van der Waals surface area contributed by atoms with E-state index in [9.17, 15) is 9.90 Å². The molecular weight excluding hydrogens is 244 g/mol. The Kier molecular flexibility index (Phi) is 5.83. The predicted octanol–water partition coefficient (Wildman–Crippen LogP) is 1.07. The van der Waals surface area contributed by atoms with Crippen LogP contribution in [-0.2, 0) is 4.79 Å². The van der Waals surface area contributed by atoms with E-state index in [1.165, 1.54) is 0 Å².